The number of nitro groups is 1. The third kappa shape index (κ3) is 3.15. The number of hydrogen-bond acceptors (Lipinski definition) is 5. The molecule has 0 aliphatic heterocycles. The molecule has 1 aromatic heterocycles. The summed E-state index contributed by atoms with van der Waals surface area (Å²) in [5.74, 6) is 0. The van der Waals surface area contributed by atoms with Crippen LogP contribution >= 0.6 is 0 Å². The number of hydrogen-bond donors (Lipinski definition) is 0. The first-order valence-electron chi connectivity index (χ1n) is 6.46. The van der Waals surface area contributed by atoms with Crippen LogP contribution < -0.4 is 4.36 Å². The van der Waals surface area contributed by atoms with Gasteiger partial charge in [-0.05, 0) is 0 Å². The summed E-state index contributed by atoms with van der Waals surface area (Å²) in [7, 11) is 0. The van der Waals surface area contributed by atoms with Crippen LogP contribution in [0.2, 0.25) is 0 Å². The molecule has 0 radical (unpaired) electrons. The monoisotopic (exact) mass is 375 g/mol. The summed E-state index contributed by atoms with van der Waals surface area (Å²) in [6, 6.07) is 15.4. The van der Waals surface area contributed by atoms with Crippen LogP contribution in [0.15, 0.2) is 65.0 Å². The topological polar surface area (TPSA) is 103 Å². The average Bonchev–Trinajstić information content (AvgIpc) is 3.00. The van der Waals surface area contributed by atoms with Gasteiger partial charge in [0.15, 0.2) is 0 Å². The Morgan fingerprint density at radius 2 is 1.78 bits per heavy atom. The van der Waals surface area contributed by atoms with Crippen LogP contribution in [0.3, 0.4) is 0 Å². The van der Waals surface area contributed by atoms with Crippen LogP contribution in [0.1, 0.15) is 0 Å². The van der Waals surface area contributed by atoms with E-state index in [0.29, 0.717) is 10.0 Å². The normalized spacial score (nSPS) is 11.4. The number of nitro benzene ring substituents is 1. The summed E-state index contributed by atoms with van der Waals surface area (Å²) in [5, 5.41) is 21.4. The molecule has 0 N–H and O–H groups in total. The zero-order valence-corrected chi connectivity index (χ0v) is 13.3. The van der Waals surface area contributed by atoms with E-state index in [1.807, 2.05) is 30.3 Å². The van der Waals surface area contributed by atoms with Gasteiger partial charge in [0.1, 0.15) is 0 Å². The molecule has 0 unspecified atom stereocenters. The summed E-state index contributed by atoms with van der Waals surface area (Å²) in [6.07, 6.45) is 0. The Bertz CT molecular complexity index is 916. The van der Waals surface area contributed by atoms with Gasteiger partial charge in [0.2, 0.25) is 0 Å². The van der Waals surface area contributed by atoms with E-state index >= 15 is 0 Å². The second-order valence-corrected chi connectivity index (χ2v) is 6.43. The molecule has 23 heavy (non-hydrogen) atoms. The first-order chi connectivity index (χ1) is 11.2. The molecule has 0 atom stereocenters. The van der Waals surface area contributed by atoms with Gasteiger partial charge in [-0.3, -0.25) is 0 Å². The molecule has 0 aliphatic carbocycles. The Kier molecular flexibility index (Phi) is 4.22. The molecule has 3 rings (SSSR count). The van der Waals surface area contributed by atoms with E-state index in [-0.39, 0.29) is 20.2 Å². The fourth-order valence-corrected chi connectivity index (χ4v) is 3.76. The Morgan fingerprint density at radius 1 is 1.09 bits per heavy atom. The fraction of sp³-hybridized carbons (Fsp3) is 0. The standard InChI is InChI=1S/C14H9N5O3Se/c20-17-15-14-18(11-6-8-12(9-7-11)19(21)22)16-13(23-14)10-4-2-1-3-5-10/h1-9H/b15-14-. The second kappa shape index (κ2) is 6.47. The van der Waals surface area contributed by atoms with Crippen molar-refractivity contribution in [3.8, 4) is 15.8 Å². The van der Waals surface area contributed by atoms with E-state index in [2.05, 4.69) is 15.5 Å². The molecule has 2 aromatic carbocycles. The van der Waals surface area contributed by atoms with Crippen LogP contribution in [0.5, 0.6) is 0 Å². The number of benzene rings is 2. The minimum atomic E-state index is -0.474. The average molecular weight is 374 g/mol. The Hall–Kier alpha value is -2.90. The van der Waals surface area contributed by atoms with Crippen molar-refractivity contribution < 1.29 is 4.92 Å². The van der Waals surface area contributed by atoms with Gasteiger partial charge < -0.3 is 0 Å². The van der Waals surface area contributed by atoms with Crippen molar-refractivity contribution in [2.45, 2.75) is 0 Å². The van der Waals surface area contributed by atoms with E-state index in [0.717, 1.165) is 10.1 Å². The maximum absolute atomic E-state index is 10.7. The molecule has 9 heteroatoms. The van der Waals surface area contributed by atoms with Crippen LogP contribution in [0, 0.1) is 15.0 Å². The summed E-state index contributed by atoms with van der Waals surface area (Å²) in [4.78, 5) is 20.8. The van der Waals surface area contributed by atoms with Crippen molar-refractivity contribution in [1.82, 2.24) is 9.78 Å². The quantitative estimate of drug-likeness (QED) is 0.302. The Morgan fingerprint density at radius 3 is 2.39 bits per heavy atom. The first kappa shape index (κ1) is 15.0. The van der Waals surface area contributed by atoms with Crippen LogP contribution in [-0.4, -0.2) is 29.2 Å². The first-order valence-corrected chi connectivity index (χ1v) is 8.17. The Labute approximate surface area is 135 Å². The SMILES string of the molecule is O=N/N=c1\[se]c(-c2ccccc2)nn1-c1ccc([N+](=O)[O-])cc1. The van der Waals surface area contributed by atoms with Gasteiger partial charge in [0.05, 0.1) is 0 Å². The van der Waals surface area contributed by atoms with E-state index < -0.39 is 4.92 Å². The molecule has 8 nitrogen and oxygen atoms in total. The van der Waals surface area contributed by atoms with Gasteiger partial charge in [0.25, 0.3) is 0 Å². The van der Waals surface area contributed by atoms with Crippen molar-refractivity contribution >= 4 is 20.2 Å². The third-order valence-electron chi connectivity index (χ3n) is 3.01. The van der Waals surface area contributed by atoms with E-state index in [1.54, 1.807) is 12.1 Å². The molecule has 0 spiro atoms. The molecular weight excluding hydrogens is 365 g/mol. The molecule has 114 valence electrons. The zero-order chi connectivity index (χ0) is 16.2. The number of aromatic nitrogens is 2. The maximum atomic E-state index is 10.7. The predicted molar refractivity (Wildman–Crippen MR) is 84.0 cm³/mol. The molecule has 3 aromatic rings. The molecule has 1 heterocycles. The Balaban J connectivity index is 2.11. The summed E-state index contributed by atoms with van der Waals surface area (Å²) in [5.41, 5.74) is 1.51. The molecule has 0 bridgehead atoms. The number of rotatable bonds is 4. The van der Waals surface area contributed by atoms with Crippen molar-refractivity contribution in [2.24, 2.45) is 10.4 Å². The van der Waals surface area contributed by atoms with Gasteiger partial charge in [-0.25, -0.2) is 0 Å². The van der Waals surface area contributed by atoms with Gasteiger partial charge in [-0.15, -0.1) is 0 Å². The van der Waals surface area contributed by atoms with Crippen LogP contribution in [0.25, 0.3) is 15.8 Å². The minimum absolute atomic E-state index is 0.0160. The third-order valence-corrected chi connectivity index (χ3v) is 5.00. The fourth-order valence-electron chi connectivity index (χ4n) is 1.96. The molecule has 0 fully saturated rings. The van der Waals surface area contributed by atoms with E-state index in [1.165, 1.54) is 16.8 Å². The van der Waals surface area contributed by atoms with E-state index in [4.69, 9.17) is 0 Å². The number of non-ortho nitro benzene ring substituents is 1. The molecule has 0 amide bonds. The van der Waals surface area contributed by atoms with Crippen molar-refractivity contribution in [1.29, 1.82) is 0 Å². The molecule has 0 saturated heterocycles. The van der Waals surface area contributed by atoms with Crippen molar-refractivity contribution in [2.75, 3.05) is 0 Å². The molecule has 0 saturated carbocycles. The van der Waals surface area contributed by atoms with Crippen molar-refractivity contribution in [3.05, 3.63) is 74.0 Å². The van der Waals surface area contributed by atoms with Crippen LogP contribution in [0.4, 0.5) is 5.69 Å². The number of nitrogens with zero attached hydrogens (tertiary/aromatic N) is 5. The van der Waals surface area contributed by atoms with Crippen LogP contribution in [-0.2, 0) is 0 Å². The second-order valence-electron chi connectivity index (χ2n) is 4.42. The van der Waals surface area contributed by atoms with Gasteiger partial charge >= 0.3 is 135 Å². The summed E-state index contributed by atoms with van der Waals surface area (Å²) >= 11 is -0.281. The molecule has 0 aliphatic rings. The van der Waals surface area contributed by atoms with E-state index in [9.17, 15) is 15.0 Å². The zero-order valence-electron chi connectivity index (χ0n) is 11.6. The summed E-state index contributed by atoms with van der Waals surface area (Å²) in [6.45, 7) is 0. The van der Waals surface area contributed by atoms with Gasteiger partial charge in [0, 0.05) is 0 Å². The number of nitroso groups, excluding NO2 is 1. The predicted octanol–water partition coefficient (Wildman–Crippen LogP) is 2.09. The van der Waals surface area contributed by atoms with Gasteiger partial charge in [-0.2, -0.15) is 0 Å². The van der Waals surface area contributed by atoms with Crippen molar-refractivity contribution in [3.63, 3.8) is 0 Å². The molecular formula is C14H9N5O3Se. The van der Waals surface area contributed by atoms with Gasteiger partial charge in [-0.1, -0.05) is 0 Å². The summed E-state index contributed by atoms with van der Waals surface area (Å²) < 4.78 is 2.73.